The smallest absolute Gasteiger partial charge is 0.416 e. The van der Waals surface area contributed by atoms with Crippen molar-refractivity contribution in [2.75, 3.05) is 68.7 Å². The van der Waals surface area contributed by atoms with Gasteiger partial charge in [0, 0.05) is 68.1 Å². The van der Waals surface area contributed by atoms with Crippen molar-refractivity contribution in [3.63, 3.8) is 0 Å². The van der Waals surface area contributed by atoms with Crippen LogP contribution in [-0.2, 0) is 53.7 Å². The van der Waals surface area contributed by atoms with Crippen molar-refractivity contribution in [1.82, 2.24) is 46.1 Å². The fourth-order valence-electron chi connectivity index (χ4n) is 14.4. The predicted molar refractivity (Wildman–Crippen MR) is 378 cm³/mol. The summed E-state index contributed by atoms with van der Waals surface area (Å²) in [5.74, 6) is -2.89. The predicted octanol–water partition coefficient (Wildman–Crippen LogP) is 7.12. The molecule has 0 unspecified atom stereocenters. The summed E-state index contributed by atoms with van der Waals surface area (Å²) in [7, 11) is 4.79. The third kappa shape index (κ3) is 15.1. The largest absolute Gasteiger partial charge is 0.493 e. The van der Waals surface area contributed by atoms with E-state index in [-0.39, 0.29) is 89.9 Å². The number of carbonyl (C=O) groups excluding carboxylic acids is 9. The Labute approximate surface area is 595 Å². The first-order valence-corrected chi connectivity index (χ1v) is 35.0. The number of ether oxygens (including phenoxy) is 5. The topological polar surface area (TPSA) is 336 Å². The van der Waals surface area contributed by atoms with E-state index in [4.69, 9.17) is 28.7 Å². The van der Waals surface area contributed by atoms with Gasteiger partial charge < -0.3 is 70.1 Å². The Kier molecular flexibility index (Phi) is 20.3. The highest BCUT2D eigenvalue weighted by atomic mass is 16.6. The molecule has 103 heavy (non-hydrogen) atoms. The van der Waals surface area contributed by atoms with Gasteiger partial charge in [0.15, 0.2) is 29.2 Å². The van der Waals surface area contributed by atoms with Crippen molar-refractivity contribution >= 4 is 82.3 Å². The lowest BCUT2D eigenvalue weighted by molar-refractivity contribution is -0.132. The number of aliphatic hydroxyl groups excluding tert-OH is 1. The number of carbonyl (C=O) groups is 9. The molecule has 6 heterocycles. The van der Waals surface area contributed by atoms with Gasteiger partial charge in [0.05, 0.1) is 93.0 Å². The van der Waals surface area contributed by atoms with E-state index in [1.807, 2.05) is 59.6 Å². The van der Waals surface area contributed by atoms with Crippen LogP contribution < -0.4 is 55.3 Å². The molecule has 28 heteroatoms. The van der Waals surface area contributed by atoms with E-state index >= 15 is 0 Å². The summed E-state index contributed by atoms with van der Waals surface area (Å²) >= 11 is 0. The van der Waals surface area contributed by atoms with Crippen molar-refractivity contribution in [2.45, 2.75) is 135 Å². The number of rotatable bonds is 25. The standard InChI is InChI=1S/C75H85N13O15/c1-43(2)65(81-63(91)38-78-62(90)37-77-61(89)22-23-64(92)85-39-46-14-8-9-15-49(46)66-67(84(4)83-82-66)50-16-10-11-17-54(50)85)69(94)79-44(3)68(93)80-47-20-18-45(19-21-47)40-103-73(98)88-55-33-60(58(100-6)31-52(55)71(96)87-42-75(26-27-75)35-56(87)72(88)97)102-29-13-7-12-28-101-59-32-53-51(30-57(59)99-5)70(95)86-41-74(24-25-74)34-48(86)36-76-53/h8-11,14-21,30-33,36,43-44,48,56,65,72,97H,7,12-13,22-29,34-35,37-42H2,1-6H3,(H,77,89)(H,78,90)(H,79,94)(H,80,93)(H,81,91)/t44-,48-,56-,65-,72-/m0/s1. The number of aryl methyl sites for hydroxylation is 1. The molecule has 6 N–H and O–H groups in total. The molecular formula is C75H85N13O15. The molecule has 7 aliphatic rings. The first-order valence-electron chi connectivity index (χ1n) is 35.0. The third-order valence-corrected chi connectivity index (χ3v) is 20.5. The number of amides is 9. The summed E-state index contributed by atoms with van der Waals surface area (Å²) in [6.07, 6.45) is 6.60. The van der Waals surface area contributed by atoms with Gasteiger partial charge in [0.2, 0.25) is 35.4 Å². The number of anilines is 3. The van der Waals surface area contributed by atoms with Crippen LogP contribution in [-0.4, -0.2) is 173 Å². The zero-order valence-corrected chi connectivity index (χ0v) is 58.5. The molecule has 13 rings (SSSR count). The molecule has 5 atom stereocenters. The monoisotopic (exact) mass is 1410 g/mol. The zero-order chi connectivity index (χ0) is 72.4. The summed E-state index contributed by atoms with van der Waals surface area (Å²) in [6.45, 7) is 5.60. The van der Waals surface area contributed by atoms with Gasteiger partial charge in [0.25, 0.3) is 11.8 Å². The lowest BCUT2D eigenvalue weighted by Gasteiger charge is -2.31. The third-order valence-electron chi connectivity index (χ3n) is 20.5. The summed E-state index contributed by atoms with van der Waals surface area (Å²) in [4.78, 5) is 133. The number of benzene rings is 5. The molecule has 28 nitrogen and oxygen atoms in total. The highest BCUT2D eigenvalue weighted by Crippen LogP contribution is 2.58. The summed E-state index contributed by atoms with van der Waals surface area (Å²) < 4.78 is 31.4. The second-order valence-electron chi connectivity index (χ2n) is 28.1. The van der Waals surface area contributed by atoms with Crippen LogP contribution in [0.2, 0.25) is 0 Å². The number of aliphatic imine (C=N–C) groups is 1. The Bertz CT molecular complexity index is 4360. The molecule has 5 aliphatic heterocycles. The Morgan fingerprint density at radius 1 is 0.660 bits per heavy atom. The Balaban J connectivity index is 0.557. The molecule has 0 bridgehead atoms. The number of aliphatic hydroxyl groups is 1. The molecule has 9 amide bonds. The Hall–Kier alpha value is -10.9. The van der Waals surface area contributed by atoms with Gasteiger partial charge in [-0.1, -0.05) is 73.7 Å². The molecule has 6 aromatic rings. The van der Waals surface area contributed by atoms with Crippen molar-refractivity contribution in [3.05, 3.63) is 119 Å². The molecule has 2 spiro atoms. The number of methoxy groups -OCH3 is 2. The van der Waals surface area contributed by atoms with E-state index in [1.165, 1.54) is 26.2 Å². The lowest BCUT2D eigenvalue weighted by atomic mass is 9.95. The SMILES string of the molecule is COc1cc2c(cc1OCCCCCOc1cc3c(cc1OC)C(=O)N1CC4(CC4)C[C@H]1[C@H](O)N3C(=O)OCc1ccc(NC(=O)[C@H](C)NC(=O)[C@@H](NC(=O)CNC(=O)CNC(=O)CCC(=O)N3Cc4ccccc4-c4nnn(C)c4-c4ccccc43)C(C)C)cc1)N=C[C@@H]1CC3(CC3)CN1C2=O. The van der Waals surface area contributed by atoms with E-state index in [0.29, 0.717) is 84.2 Å². The fraction of sp³-hybridized carbons (Fsp3) is 0.440. The lowest BCUT2D eigenvalue weighted by Crippen LogP contribution is -2.55. The van der Waals surface area contributed by atoms with Crippen LogP contribution in [0.5, 0.6) is 23.0 Å². The summed E-state index contributed by atoms with van der Waals surface area (Å²) in [5, 5.41) is 33.8. The molecule has 2 saturated heterocycles. The van der Waals surface area contributed by atoms with Crippen LogP contribution in [0.25, 0.3) is 22.5 Å². The highest BCUT2D eigenvalue weighted by molar-refractivity contribution is 6.07. The normalized spacial score (nSPS) is 18.7. The number of aromatic nitrogens is 3. The van der Waals surface area contributed by atoms with Crippen molar-refractivity contribution in [2.24, 2.45) is 28.8 Å². The summed E-state index contributed by atoms with van der Waals surface area (Å²) in [5.41, 5.74) is 6.77. The first kappa shape index (κ1) is 70.5. The molecule has 2 aliphatic carbocycles. The van der Waals surface area contributed by atoms with Crippen LogP contribution >= 0.6 is 0 Å². The maximum Gasteiger partial charge on any atom is 0.416 e. The van der Waals surface area contributed by atoms with E-state index < -0.39 is 79.0 Å². The molecule has 1 aromatic heterocycles. The van der Waals surface area contributed by atoms with Crippen LogP contribution in [0.4, 0.5) is 27.5 Å². The van der Waals surface area contributed by atoms with Gasteiger partial charge in [-0.05, 0) is 123 Å². The maximum absolute atomic E-state index is 14.5. The number of hydrogen-bond acceptors (Lipinski definition) is 18. The number of fused-ring (bicyclic) bond motifs is 9. The van der Waals surface area contributed by atoms with Crippen LogP contribution in [0.1, 0.15) is 123 Å². The van der Waals surface area contributed by atoms with Crippen molar-refractivity contribution in [1.29, 1.82) is 0 Å². The first-order chi connectivity index (χ1) is 49.6. The van der Waals surface area contributed by atoms with Crippen LogP contribution in [0.15, 0.2) is 102 Å². The minimum atomic E-state index is -1.47. The summed E-state index contributed by atoms with van der Waals surface area (Å²) in [6, 6.07) is 25.1. The minimum absolute atomic E-state index is 0.0168. The van der Waals surface area contributed by atoms with E-state index in [0.717, 1.165) is 65.9 Å². The van der Waals surface area contributed by atoms with Gasteiger partial charge >= 0.3 is 6.09 Å². The highest BCUT2D eigenvalue weighted by Gasteiger charge is 2.58. The molecule has 4 fully saturated rings. The second kappa shape index (κ2) is 29.6. The van der Waals surface area contributed by atoms with Gasteiger partial charge in [-0.2, -0.15) is 0 Å². The van der Waals surface area contributed by atoms with Gasteiger partial charge in [-0.25, -0.2) is 14.4 Å². The number of para-hydroxylation sites is 1. The quantitative estimate of drug-likeness (QED) is 0.0311. The molecule has 540 valence electrons. The Morgan fingerprint density at radius 3 is 2.01 bits per heavy atom. The van der Waals surface area contributed by atoms with Crippen LogP contribution in [0, 0.1) is 16.7 Å². The average molecular weight is 1410 g/mol. The molecular weight excluding hydrogens is 1320 g/mol. The molecule has 2 saturated carbocycles. The number of unbranched alkanes of at least 4 members (excludes halogenated alkanes) is 2. The number of hydrogen-bond donors (Lipinski definition) is 6. The van der Waals surface area contributed by atoms with Gasteiger partial charge in [-0.3, -0.25) is 43.3 Å². The van der Waals surface area contributed by atoms with E-state index in [2.05, 4.69) is 36.9 Å². The Morgan fingerprint density at radius 2 is 1.30 bits per heavy atom. The van der Waals surface area contributed by atoms with Crippen molar-refractivity contribution < 1.29 is 71.9 Å². The minimum Gasteiger partial charge on any atom is -0.493 e. The van der Waals surface area contributed by atoms with Crippen LogP contribution in [0.3, 0.4) is 0 Å². The number of nitrogens with zero attached hydrogens (tertiary/aromatic N) is 8. The van der Waals surface area contributed by atoms with Gasteiger partial charge in [0.1, 0.15) is 24.4 Å². The zero-order valence-electron chi connectivity index (χ0n) is 58.5. The van der Waals surface area contributed by atoms with Gasteiger partial charge in [-0.15, -0.1) is 5.10 Å². The molecule has 5 aromatic carbocycles. The second-order valence-corrected chi connectivity index (χ2v) is 28.1. The van der Waals surface area contributed by atoms with E-state index in [1.54, 1.807) is 78.9 Å². The maximum atomic E-state index is 14.5. The fourth-order valence-corrected chi connectivity index (χ4v) is 14.4. The van der Waals surface area contributed by atoms with Crippen molar-refractivity contribution in [3.8, 4) is 45.5 Å². The van der Waals surface area contributed by atoms with E-state index in [9.17, 15) is 48.3 Å². The average Bonchev–Trinajstić information content (AvgIpc) is 1.58. The molecule has 0 radical (unpaired) electrons. The number of nitrogens with one attached hydrogen (secondary N) is 5.